The minimum atomic E-state index is -3.85. The molecule has 0 aliphatic carbocycles. The van der Waals surface area contributed by atoms with Gasteiger partial charge in [0.15, 0.2) is 5.13 Å². The van der Waals surface area contributed by atoms with Gasteiger partial charge in [0.1, 0.15) is 6.04 Å². The molecule has 1 aliphatic rings. The fourth-order valence-corrected chi connectivity index (χ4v) is 7.23. The molecule has 3 aromatic rings. The van der Waals surface area contributed by atoms with Crippen LogP contribution >= 0.6 is 34.5 Å². The average molecular weight is 556 g/mol. The third-order valence-corrected chi connectivity index (χ3v) is 9.76. The zero-order valence-electron chi connectivity index (χ0n) is 19.9. The number of fused-ring (bicyclic) bond motifs is 1. The highest BCUT2D eigenvalue weighted by Gasteiger charge is 2.42. The second-order valence-electron chi connectivity index (χ2n) is 8.89. The number of aromatic nitrogens is 1. The number of anilines is 1. The zero-order chi connectivity index (χ0) is 25.3. The summed E-state index contributed by atoms with van der Waals surface area (Å²) in [5.41, 5.74) is 1.63. The molecule has 2 heterocycles. The third kappa shape index (κ3) is 5.50. The van der Waals surface area contributed by atoms with Crippen LogP contribution in [-0.2, 0) is 14.8 Å². The number of benzene rings is 2. The van der Waals surface area contributed by atoms with Gasteiger partial charge in [-0.15, -0.1) is 0 Å². The molecule has 0 saturated carbocycles. The number of hydrogen-bond acceptors (Lipinski definition) is 6. The van der Waals surface area contributed by atoms with Crippen molar-refractivity contribution in [1.82, 2.24) is 14.2 Å². The molecule has 1 amide bonds. The number of rotatable bonds is 8. The van der Waals surface area contributed by atoms with Crippen LogP contribution in [0.4, 0.5) is 5.13 Å². The van der Waals surface area contributed by atoms with Crippen LogP contribution in [0.2, 0.25) is 10.0 Å². The van der Waals surface area contributed by atoms with Crippen LogP contribution in [0.25, 0.3) is 10.2 Å². The lowest BCUT2D eigenvalue weighted by Crippen LogP contribution is -2.48. The van der Waals surface area contributed by atoms with E-state index in [1.807, 2.05) is 33.2 Å². The molecule has 0 N–H and O–H groups in total. The molecule has 2 aromatic carbocycles. The first kappa shape index (κ1) is 26.3. The van der Waals surface area contributed by atoms with Crippen molar-refractivity contribution >= 4 is 65.8 Å². The van der Waals surface area contributed by atoms with Gasteiger partial charge in [0.05, 0.1) is 15.1 Å². The number of nitrogens with zero attached hydrogens (tertiary/aromatic N) is 4. The fraction of sp³-hybridized carbons (Fsp3) is 0.417. The Morgan fingerprint density at radius 1 is 1.14 bits per heavy atom. The van der Waals surface area contributed by atoms with Crippen molar-refractivity contribution in [2.45, 2.75) is 37.1 Å². The van der Waals surface area contributed by atoms with Crippen molar-refractivity contribution in [3.05, 3.63) is 52.0 Å². The largest absolute Gasteiger partial charge is 0.309 e. The van der Waals surface area contributed by atoms with E-state index >= 15 is 0 Å². The monoisotopic (exact) mass is 554 g/mol. The quantitative estimate of drug-likeness (QED) is 0.389. The SMILES string of the molecule is Cc1c(Cl)ccc2sc(N(CCCN(C)C)C(=O)C3CCCN3S(=O)(=O)c3ccc(Cl)cc3)nc12. The summed E-state index contributed by atoms with van der Waals surface area (Å²) in [6, 6.07) is 9.00. The normalized spacial score (nSPS) is 16.9. The van der Waals surface area contributed by atoms with Gasteiger partial charge in [0, 0.05) is 23.1 Å². The highest BCUT2D eigenvalue weighted by molar-refractivity contribution is 7.89. The smallest absolute Gasteiger partial charge is 0.247 e. The molecule has 35 heavy (non-hydrogen) atoms. The first-order valence-corrected chi connectivity index (χ1v) is 14.4. The molecule has 0 radical (unpaired) electrons. The minimum absolute atomic E-state index is 0.131. The molecule has 1 aromatic heterocycles. The van der Waals surface area contributed by atoms with Gasteiger partial charge in [-0.25, -0.2) is 13.4 Å². The summed E-state index contributed by atoms with van der Waals surface area (Å²) in [7, 11) is 0.106. The van der Waals surface area contributed by atoms with Crippen LogP contribution in [0, 0.1) is 6.92 Å². The highest BCUT2D eigenvalue weighted by Crippen LogP contribution is 2.35. The van der Waals surface area contributed by atoms with Gasteiger partial charge in [-0.05, 0) is 88.8 Å². The highest BCUT2D eigenvalue weighted by atomic mass is 35.5. The summed E-state index contributed by atoms with van der Waals surface area (Å²) in [4.78, 5) is 22.5. The second kappa shape index (κ2) is 10.7. The molecule has 1 atom stereocenters. The van der Waals surface area contributed by atoms with Crippen molar-refractivity contribution in [3.8, 4) is 0 Å². The number of amides is 1. The van der Waals surface area contributed by atoms with Gasteiger partial charge >= 0.3 is 0 Å². The number of carbonyl (C=O) groups is 1. The first-order chi connectivity index (χ1) is 16.6. The van der Waals surface area contributed by atoms with Gasteiger partial charge in [-0.2, -0.15) is 4.31 Å². The Morgan fingerprint density at radius 2 is 1.86 bits per heavy atom. The molecule has 4 rings (SSSR count). The van der Waals surface area contributed by atoms with E-state index in [1.165, 1.54) is 27.8 Å². The van der Waals surface area contributed by atoms with Crippen LogP contribution in [0.5, 0.6) is 0 Å². The Balaban J connectivity index is 1.68. The predicted molar refractivity (Wildman–Crippen MR) is 143 cm³/mol. The van der Waals surface area contributed by atoms with Gasteiger partial charge in [0.25, 0.3) is 0 Å². The number of aryl methyl sites for hydroxylation is 1. The first-order valence-electron chi connectivity index (χ1n) is 11.4. The molecule has 0 spiro atoms. The van der Waals surface area contributed by atoms with Gasteiger partial charge in [0.2, 0.25) is 15.9 Å². The van der Waals surface area contributed by atoms with E-state index < -0.39 is 16.1 Å². The molecule has 1 unspecified atom stereocenters. The summed E-state index contributed by atoms with van der Waals surface area (Å²) in [5, 5.41) is 1.64. The summed E-state index contributed by atoms with van der Waals surface area (Å²) >= 11 is 13.7. The number of hydrogen-bond donors (Lipinski definition) is 0. The van der Waals surface area contributed by atoms with Gasteiger partial charge in [-0.1, -0.05) is 34.5 Å². The van der Waals surface area contributed by atoms with Gasteiger partial charge < -0.3 is 4.90 Å². The van der Waals surface area contributed by atoms with Crippen molar-refractivity contribution in [3.63, 3.8) is 0 Å². The maximum absolute atomic E-state index is 13.9. The molecule has 188 valence electrons. The molecule has 1 saturated heterocycles. The van der Waals surface area contributed by atoms with Crippen molar-refractivity contribution in [1.29, 1.82) is 0 Å². The van der Waals surface area contributed by atoms with Crippen LogP contribution < -0.4 is 4.90 Å². The Kier molecular flexibility index (Phi) is 8.05. The number of carbonyl (C=O) groups excluding carboxylic acids is 1. The van der Waals surface area contributed by atoms with E-state index in [4.69, 9.17) is 28.2 Å². The van der Waals surface area contributed by atoms with E-state index in [2.05, 4.69) is 4.90 Å². The Labute approximate surface area is 220 Å². The van der Waals surface area contributed by atoms with Crippen molar-refractivity contribution in [2.24, 2.45) is 0 Å². The molecular weight excluding hydrogens is 527 g/mol. The number of sulfonamides is 1. The van der Waals surface area contributed by atoms with Crippen LogP contribution in [0.1, 0.15) is 24.8 Å². The summed E-state index contributed by atoms with van der Waals surface area (Å²) in [6.45, 7) is 3.43. The Hall–Kier alpha value is -1.75. The average Bonchev–Trinajstić information content (AvgIpc) is 3.47. The van der Waals surface area contributed by atoms with E-state index in [-0.39, 0.29) is 10.8 Å². The van der Waals surface area contributed by atoms with Crippen LogP contribution in [0.3, 0.4) is 0 Å². The summed E-state index contributed by atoms with van der Waals surface area (Å²) in [5.74, 6) is -0.249. The topological polar surface area (TPSA) is 73.8 Å². The molecular formula is C24H28Cl2N4O3S2. The van der Waals surface area contributed by atoms with Crippen LogP contribution in [-0.4, -0.2) is 68.3 Å². The Morgan fingerprint density at radius 3 is 2.54 bits per heavy atom. The maximum Gasteiger partial charge on any atom is 0.247 e. The van der Waals surface area contributed by atoms with Crippen LogP contribution in [0.15, 0.2) is 41.3 Å². The van der Waals surface area contributed by atoms with E-state index in [0.29, 0.717) is 41.1 Å². The predicted octanol–water partition coefficient (Wildman–Crippen LogP) is 5.05. The zero-order valence-corrected chi connectivity index (χ0v) is 23.0. The number of halogens is 2. The molecule has 1 fully saturated rings. The lowest BCUT2D eigenvalue weighted by atomic mass is 10.2. The van der Waals surface area contributed by atoms with E-state index in [1.54, 1.807) is 17.0 Å². The minimum Gasteiger partial charge on any atom is -0.309 e. The second-order valence-corrected chi connectivity index (χ2v) is 12.6. The van der Waals surface area contributed by atoms with E-state index in [0.717, 1.165) is 28.7 Å². The Bertz CT molecular complexity index is 1330. The van der Waals surface area contributed by atoms with Crippen molar-refractivity contribution < 1.29 is 13.2 Å². The molecule has 7 nitrogen and oxygen atoms in total. The maximum atomic E-state index is 13.9. The fourth-order valence-electron chi connectivity index (χ4n) is 4.25. The lowest BCUT2D eigenvalue weighted by molar-refractivity contribution is -0.121. The molecule has 1 aliphatic heterocycles. The molecule has 0 bridgehead atoms. The summed E-state index contributed by atoms with van der Waals surface area (Å²) in [6.07, 6.45) is 1.81. The summed E-state index contributed by atoms with van der Waals surface area (Å²) < 4.78 is 29.1. The number of thiazole rings is 1. The standard InChI is InChI=1S/C24H28Cl2N4O3S2/c1-16-19(26)11-12-21-22(16)27-24(34-21)29(14-5-13-28(2)3)23(31)20-6-4-15-30(20)35(32,33)18-9-7-17(25)8-10-18/h7-12,20H,4-6,13-15H2,1-3H3. The van der Waals surface area contributed by atoms with E-state index in [9.17, 15) is 13.2 Å². The van der Waals surface area contributed by atoms with Crippen molar-refractivity contribution in [2.75, 3.05) is 38.6 Å². The lowest BCUT2D eigenvalue weighted by Gasteiger charge is -2.29. The third-order valence-electron chi connectivity index (χ3n) is 6.13. The molecule has 11 heteroatoms. The van der Waals surface area contributed by atoms with Gasteiger partial charge in [-0.3, -0.25) is 9.69 Å².